The number of fused-ring (bicyclic) bond motifs is 1. The van der Waals surface area contributed by atoms with E-state index < -0.39 is 5.91 Å². The van der Waals surface area contributed by atoms with Crippen LogP contribution in [0.2, 0.25) is 0 Å². The van der Waals surface area contributed by atoms with E-state index >= 15 is 0 Å². The lowest BCUT2D eigenvalue weighted by Gasteiger charge is -2.22. The second-order valence-electron chi connectivity index (χ2n) is 8.27. The number of nitrogens with two attached hydrogens (primary N) is 1. The summed E-state index contributed by atoms with van der Waals surface area (Å²) >= 11 is 0. The summed E-state index contributed by atoms with van der Waals surface area (Å²) in [5, 5.41) is 0. The van der Waals surface area contributed by atoms with Gasteiger partial charge in [-0.2, -0.15) is 0 Å². The largest absolute Gasteiger partial charge is 0.364 e. The number of carbonyl (C=O) groups is 2. The number of primary amides is 1. The second kappa shape index (κ2) is 8.47. The van der Waals surface area contributed by atoms with Crippen LogP contribution in [0.25, 0.3) is 0 Å². The van der Waals surface area contributed by atoms with Crippen LogP contribution in [0.3, 0.4) is 0 Å². The third-order valence-electron chi connectivity index (χ3n) is 6.16. The van der Waals surface area contributed by atoms with Gasteiger partial charge in [-0.25, -0.2) is 14.4 Å². The summed E-state index contributed by atoms with van der Waals surface area (Å²) in [5.74, 6) is -0.275. The number of halogens is 1. The van der Waals surface area contributed by atoms with Crippen LogP contribution >= 0.6 is 0 Å². The first-order chi connectivity index (χ1) is 14.4. The number of nitrogens with zero attached hydrogens (tertiary/aromatic N) is 4. The van der Waals surface area contributed by atoms with Crippen molar-refractivity contribution in [3.8, 4) is 0 Å². The average Bonchev–Trinajstić information content (AvgIpc) is 3.26. The maximum atomic E-state index is 13.3. The highest BCUT2D eigenvalue weighted by molar-refractivity contribution is 6.06. The van der Waals surface area contributed by atoms with Gasteiger partial charge in [0.05, 0.1) is 11.3 Å². The van der Waals surface area contributed by atoms with E-state index in [1.807, 2.05) is 6.07 Å². The molecule has 2 amide bonds. The molecule has 0 bridgehead atoms. The van der Waals surface area contributed by atoms with E-state index in [2.05, 4.69) is 14.9 Å². The molecular formula is C22H26FN5O2. The monoisotopic (exact) mass is 411 g/mol. The third-order valence-corrected chi connectivity index (χ3v) is 6.16. The fraction of sp³-hybridized carbons (Fsp3) is 0.455. The van der Waals surface area contributed by atoms with E-state index in [9.17, 15) is 14.0 Å². The summed E-state index contributed by atoms with van der Waals surface area (Å²) < 4.78 is 13.3. The molecular weight excluding hydrogens is 385 g/mol. The lowest BCUT2D eigenvalue weighted by molar-refractivity contribution is 0.0766. The van der Waals surface area contributed by atoms with Gasteiger partial charge in [-0.3, -0.25) is 9.59 Å². The Hall–Kier alpha value is -2.87. The summed E-state index contributed by atoms with van der Waals surface area (Å²) in [5.41, 5.74) is 7.11. The zero-order valence-electron chi connectivity index (χ0n) is 17.1. The van der Waals surface area contributed by atoms with E-state index in [-0.39, 0.29) is 23.0 Å². The molecule has 1 unspecified atom stereocenters. The van der Waals surface area contributed by atoms with Crippen LogP contribution in [0, 0.1) is 24.6 Å². The Bertz CT molecular complexity index is 952. The molecule has 2 aromatic rings. The van der Waals surface area contributed by atoms with Gasteiger partial charge in [0.2, 0.25) is 0 Å². The number of amides is 2. The number of aromatic nitrogens is 2. The standard InChI is InChI=1S/C22H26FN5O2/c1-14-19(20(21(24)29)26-13-25-14)22(30)28-11-16-9-27(10-17(16)12-28)7-3-5-15-4-2-6-18(23)8-15/h2,4,6,8,13,16-17H,3,5,7,9-12H2,1H3,(H2,24,29)/t16-,17?/m0/s1. The van der Waals surface area contributed by atoms with Crippen LogP contribution in [-0.2, 0) is 6.42 Å². The number of hydrogen-bond donors (Lipinski definition) is 1. The first kappa shape index (κ1) is 20.4. The normalized spacial score (nSPS) is 21.1. The number of hydrogen-bond acceptors (Lipinski definition) is 5. The summed E-state index contributed by atoms with van der Waals surface area (Å²) in [4.78, 5) is 37.0. The highest BCUT2D eigenvalue weighted by Gasteiger charge is 2.42. The molecule has 1 aromatic heterocycles. The number of aryl methyl sites for hydroxylation is 2. The van der Waals surface area contributed by atoms with Gasteiger partial charge in [-0.1, -0.05) is 12.1 Å². The summed E-state index contributed by atoms with van der Waals surface area (Å²) in [6.07, 6.45) is 3.10. The molecule has 1 aromatic carbocycles. The van der Waals surface area contributed by atoms with Crippen molar-refractivity contribution in [1.29, 1.82) is 0 Å². The maximum absolute atomic E-state index is 13.3. The molecule has 2 atom stereocenters. The van der Waals surface area contributed by atoms with E-state index in [1.54, 1.807) is 24.0 Å². The molecule has 4 rings (SSSR count). The second-order valence-corrected chi connectivity index (χ2v) is 8.27. The molecule has 2 saturated heterocycles. The molecule has 8 heteroatoms. The van der Waals surface area contributed by atoms with Crippen molar-refractivity contribution in [1.82, 2.24) is 19.8 Å². The maximum Gasteiger partial charge on any atom is 0.268 e. The molecule has 0 saturated carbocycles. The summed E-state index contributed by atoms with van der Waals surface area (Å²) in [6.45, 7) is 5.88. The average molecular weight is 411 g/mol. The van der Waals surface area contributed by atoms with Crippen LogP contribution in [0.1, 0.15) is 38.5 Å². The van der Waals surface area contributed by atoms with E-state index in [0.29, 0.717) is 30.6 Å². The van der Waals surface area contributed by atoms with Crippen LogP contribution in [0.5, 0.6) is 0 Å². The minimum absolute atomic E-state index is 0.0106. The number of benzene rings is 1. The first-order valence-corrected chi connectivity index (χ1v) is 10.3. The Kier molecular flexibility index (Phi) is 5.76. The molecule has 0 radical (unpaired) electrons. The predicted molar refractivity (Wildman–Crippen MR) is 109 cm³/mol. The molecule has 2 fully saturated rings. The predicted octanol–water partition coefficient (Wildman–Crippen LogP) is 1.66. The Morgan fingerprint density at radius 2 is 1.90 bits per heavy atom. The van der Waals surface area contributed by atoms with Gasteiger partial charge in [0.1, 0.15) is 17.8 Å². The van der Waals surface area contributed by atoms with E-state index in [1.165, 1.54) is 12.4 Å². The van der Waals surface area contributed by atoms with Gasteiger partial charge in [0.25, 0.3) is 11.8 Å². The fourth-order valence-electron chi connectivity index (χ4n) is 4.71. The van der Waals surface area contributed by atoms with Gasteiger partial charge >= 0.3 is 0 Å². The van der Waals surface area contributed by atoms with Crippen molar-refractivity contribution in [3.63, 3.8) is 0 Å². The van der Waals surface area contributed by atoms with Crippen molar-refractivity contribution >= 4 is 11.8 Å². The molecule has 2 aliphatic rings. The smallest absolute Gasteiger partial charge is 0.268 e. The molecule has 3 heterocycles. The molecule has 2 aliphatic heterocycles. The lowest BCUT2D eigenvalue weighted by atomic mass is 10.0. The summed E-state index contributed by atoms with van der Waals surface area (Å²) in [7, 11) is 0. The van der Waals surface area contributed by atoms with Crippen molar-refractivity contribution in [2.24, 2.45) is 17.6 Å². The molecule has 7 nitrogen and oxygen atoms in total. The zero-order chi connectivity index (χ0) is 21.3. The minimum atomic E-state index is -0.715. The molecule has 0 spiro atoms. The van der Waals surface area contributed by atoms with Gasteiger partial charge in [0, 0.05) is 26.2 Å². The van der Waals surface area contributed by atoms with Gasteiger partial charge < -0.3 is 15.5 Å². The molecule has 158 valence electrons. The Labute approximate surface area is 175 Å². The quantitative estimate of drug-likeness (QED) is 0.781. The van der Waals surface area contributed by atoms with Crippen LogP contribution in [0.4, 0.5) is 4.39 Å². The molecule has 0 aliphatic carbocycles. The Morgan fingerprint density at radius 3 is 2.57 bits per heavy atom. The minimum Gasteiger partial charge on any atom is -0.364 e. The topological polar surface area (TPSA) is 92.4 Å². The van der Waals surface area contributed by atoms with E-state index in [0.717, 1.165) is 38.0 Å². The number of rotatable bonds is 6. The van der Waals surface area contributed by atoms with Crippen molar-refractivity contribution in [2.45, 2.75) is 19.8 Å². The highest BCUT2D eigenvalue weighted by atomic mass is 19.1. The number of carbonyl (C=O) groups excluding carboxylic acids is 2. The first-order valence-electron chi connectivity index (χ1n) is 10.3. The van der Waals surface area contributed by atoms with Gasteiger partial charge in [-0.15, -0.1) is 0 Å². The van der Waals surface area contributed by atoms with Crippen LogP contribution in [0.15, 0.2) is 30.6 Å². The van der Waals surface area contributed by atoms with Gasteiger partial charge in [-0.05, 0) is 55.8 Å². The van der Waals surface area contributed by atoms with Gasteiger partial charge in [0.15, 0.2) is 0 Å². The van der Waals surface area contributed by atoms with Crippen molar-refractivity contribution in [2.75, 3.05) is 32.7 Å². The lowest BCUT2D eigenvalue weighted by Crippen LogP contribution is -2.35. The molecule has 2 N–H and O–H groups in total. The van der Waals surface area contributed by atoms with E-state index in [4.69, 9.17) is 5.73 Å². The Balaban J connectivity index is 1.32. The zero-order valence-corrected chi connectivity index (χ0v) is 17.1. The molecule has 30 heavy (non-hydrogen) atoms. The fourth-order valence-corrected chi connectivity index (χ4v) is 4.71. The van der Waals surface area contributed by atoms with Crippen LogP contribution in [-0.4, -0.2) is 64.3 Å². The SMILES string of the molecule is Cc1ncnc(C(N)=O)c1C(=O)N1CC2CN(CCCc3cccc(F)c3)C[C@H]2C1. The van der Waals surface area contributed by atoms with Crippen LogP contribution < -0.4 is 5.73 Å². The summed E-state index contributed by atoms with van der Waals surface area (Å²) in [6, 6.07) is 6.77. The third kappa shape index (κ3) is 4.18. The van der Waals surface area contributed by atoms with Crippen molar-refractivity contribution < 1.29 is 14.0 Å². The van der Waals surface area contributed by atoms with Crippen molar-refractivity contribution in [3.05, 3.63) is 58.9 Å². The Morgan fingerprint density at radius 1 is 1.17 bits per heavy atom. The highest BCUT2D eigenvalue weighted by Crippen LogP contribution is 2.32. The number of likely N-dealkylation sites (tertiary alicyclic amines) is 2.